The second-order valence-corrected chi connectivity index (χ2v) is 7.37. The molecule has 2 heterocycles. The van der Waals surface area contributed by atoms with Gasteiger partial charge in [0, 0.05) is 13.1 Å². The van der Waals surface area contributed by atoms with Gasteiger partial charge in [-0.25, -0.2) is 8.42 Å². The summed E-state index contributed by atoms with van der Waals surface area (Å²) in [6.45, 7) is 2.89. The number of hydrogen-bond donors (Lipinski definition) is 1. The Kier molecular flexibility index (Phi) is 3.81. The molecule has 0 radical (unpaired) electrons. The van der Waals surface area contributed by atoms with Gasteiger partial charge in [0.2, 0.25) is 10.0 Å². The Hall–Kier alpha value is -1.31. The Bertz CT molecular complexity index is 598. The predicted octanol–water partition coefficient (Wildman–Crippen LogP) is 0.544. The van der Waals surface area contributed by atoms with E-state index in [1.54, 1.807) is 22.5 Å². The van der Waals surface area contributed by atoms with Crippen LogP contribution in [-0.4, -0.2) is 53.1 Å². The van der Waals surface area contributed by atoms with Gasteiger partial charge in [-0.3, -0.25) is 0 Å². The maximum Gasteiger partial charge on any atom is 0.250 e. The van der Waals surface area contributed by atoms with Gasteiger partial charge in [-0.15, -0.1) is 0 Å². The molecule has 2 aliphatic rings. The van der Waals surface area contributed by atoms with Crippen molar-refractivity contribution >= 4 is 10.0 Å². The van der Waals surface area contributed by atoms with E-state index in [2.05, 4.69) is 5.32 Å². The van der Waals surface area contributed by atoms with Crippen LogP contribution in [0.5, 0.6) is 11.5 Å². The van der Waals surface area contributed by atoms with Crippen LogP contribution in [0.3, 0.4) is 0 Å². The summed E-state index contributed by atoms with van der Waals surface area (Å²) < 4.78 is 38.0. The number of sulfonamides is 1. The number of ether oxygens (including phenoxy) is 2. The van der Waals surface area contributed by atoms with Crippen LogP contribution in [0.2, 0.25) is 0 Å². The van der Waals surface area contributed by atoms with Gasteiger partial charge in [-0.05, 0) is 37.1 Å². The third kappa shape index (κ3) is 2.39. The lowest BCUT2D eigenvalue weighted by molar-refractivity contribution is 0.367. The van der Waals surface area contributed by atoms with E-state index >= 15 is 0 Å². The van der Waals surface area contributed by atoms with E-state index in [1.807, 2.05) is 0 Å². The highest BCUT2D eigenvalue weighted by Crippen LogP contribution is 2.38. The van der Waals surface area contributed by atoms with Crippen molar-refractivity contribution in [2.45, 2.75) is 4.90 Å². The van der Waals surface area contributed by atoms with Crippen molar-refractivity contribution in [3.63, 3.8) is 0 Å². The van der Waals surface area contributed by atoms with E-state index in [1.165, 1.54) is 14.2 Å². The maximum absolute atomic E-state index is 13.0. The van der Waals surface area contributed by atoms with Crippen molar-refractivity contribution in [2.24, 2.45) is 11.8 Å². The highest BCUT2D eigenvalue weighted by atomic mass is 32.2. The SMILES string of the molecule is COc1cccc(OC)c1S(=O)(=O)N1C[C@H]2CNC[C@H]2C1. The van der Waals surface area contributed by atoms with E-state index in [-0.39, 0.29) is 4.90 Å². The number of fused-ring (bicyclic) bond motifs is 1. The van der Waals surface area contributed by atoms with Gasteiger partial charge in [-0.1, -0.05) is 6.07 Å². The molecule has 0 bridgehead atoms. The van der Waals surface area contributed by atoms with Crippen molar-refractivity contribution in [3.8, 4) is 11.5 Å². The fourth-order valence-corrected chi connectivity index (χ4v) is 5.05. The minimum Gasteiger partial charge on any atom is -0.495 e. The number of hydrogen-bond acceptors (Lipinski definition) is 5. The molecule has 1 N–H and O–H groups in total. The Morgan fingerprint density at radius 2 is 1.62 bits per heavy atom. The van der Waals surface area contributed by atoms with Crippen LogP contribution < -0.4 is 14.8 Å². The summed E-state index contributed by atoms with van der Waals surface area (Å²) in [6, 6.07) is 5.01. The summed E-state index contributed by atoms with van der Waals surface area (Å²) in [6.07, 6.45) is 0. The monoisotopic (exact) mass is 312 g/mol. The molecule has 2 atom stereocenters. The molecule has 1 aromatic rings. The molecule has 1 aromatic carbocycles. The Labute approximate surface area is 125 Å². The van der Waals surface area contributed by atoms with Crippen molar-refractivity contribution in [3.05, 3.63) is 18.2 Å². The molecular weight excluding hydrogens is 292 g/mol. The molecule has 0 aromatic heterocycles. The molecule has 7 heteroatoms. The largest absolute Gasteiger partial charge is 0.495 e. The normalized spacial score (nSPS) is 25.8. The summed E-state index contributed by atoms with van der Waals surface area (Å²) in [5, 5.41) is 3.31. The molecule has 2 aliphatic heterocycles. The summed E-state index contributed by atoms with van der Waals surface area (Å²) in [5.74, 6) is 1.45. The highest BCUT2D eigenvalue weighted by molar-refractivity contribution is 7.89. The Balaban J connectivity index is 1.99. The van der Waals surface area contributed by atoms with Crippen molar-refractivity contribution in [1.29, 1.82) is 0 Å². The average molecular weight is 312 g/mol. The molecule has 116 valence electrons. The topological polar surface area (TPSA) is 67.9 Å². The van der Waals surface area contributed by atoms with E-state index in [0.29, 0.717) is 36.4 Å². The predicted molar refractivity (Wildman–Crippen MR) is 78.2 cm³/mol. The first-order chi connectivity index (χ1) is 10.1. The molecular formula is C14H20N2O4S. The summed E-state index contributed by atoms with van der Waals surface area (Å²) in [5.41, 5.74) is 0. The van der Waals surface area contributed by atoms with Gasteiger partial charge in [-0.2, -0.15) is 4.31 Å². The van der Waals surface area contributed by atoms with Crippen LogP contribution in [0, 0.1) is 11.8 Å². The lowest BCUT2D eigenvalue weighted by Crippen LogP contribution is -2.32. The van der Waals surface area contributed by atoms with Crippen LogP contribution in [-0.2, 0) is 10.0 Å². The minimum absolute atomic E-state index is 0.128. The molecule has 0 aliphatic carbocycles. The van der Waals surface area contributed by atoms with Crippen LogP contribution >= 0.6 is 0 Å². The first-order valence-corrected chi connectivity index (χ1v) is 8.43. The van der Waals surface area contributed by atoms with Crippen molar-refractivity contribution < 1.29 is 17.9 Å². The number of benzene rings is 1. The van der Waals surface area contributed by atoms with Gasteiger partial charge in [0.05, 0.1) is 14.2 Å². The lowest BCUT2D eigenvalue weighted by atomic mass is 10.0. The zero-order valence-corrected chi connectivity index (χ0v) is 13.0. The maximum atomic E-state index is 13.0. The van der Waals surface area contributed by atoms with Gasteiger partial charge in [0.1, 0.15) is 11.5 Å². The summed E-state index contributed by atoms with van der Waals surface area (Å²) in [4.78, 5) is 0.128. The van der Waals surface area contributed by atoms with Crippen LogP contribution in [0.1, 0.15) is 0 Å². The molecule has 6 nitrogen and oxygen atoms in total. The average Bonchev–Trinajstić information content (AvgIpc) is 3.07. The smallest absolute Gasteiger partial charge is 0.250 e. The number of rotatable bonds is 4. The zero-order chi connectivity index (χ0) is 15.0. The number of methoxy groups -OCH3 is 2. The molecule has 0 spiro atoms. The second-order valence-electron chi connectivity index (χ2n) is 5.49. The van der Waals surface area contributed by atoms with Gasteiger partial charge < -0.3 is 14.8 Å². The van der Waals surface area contributed by atoms with E-state index < -0.39 is 10.0 Å². The third-order valence-corrected chi connectivity index (χ3v) is 6.23. The van der Waals surface area contributed by atoms with Crippen LogP contribution in [0.4, 0.5) is 0 Å². The second kappa shape index (κ2) is 5.47. The molecule has 0 saturated carbocycles. The first kappa shape index (κ1) is 14.6. The van der Waals surface area contributed by atoms with Crippen molar-refractivity contribution in [1.82, 2.24) is 9.62 Å². The summed E-state index contributed by atoms with van der Waals surface area (Å²) >= 11 is 0. The molecule has 0 amide bonds. The molecule has 21 heavy (non-hydrogen) atoms. The minimum atomic E-state index is -3.61. The van der Waals surface area contributed by atoms with Gasteiger partial charge in [0.15, 0.2) is 4.90 Å². The molecule has 2 saturated heterocycles. The standard InChI is InChI=1S/C14H20N2O4S/c1-19-12-4-3-5-13(20-2)14(12)21(17,18)16-8-10-6-15-7-11(10)9-16/h3-5,10-11,15H,6-9H2,1-2H3/t10-,11+. The lowest BCUT2D eigenvalue weighted by Gasteiger charge is -2.20. The quantitative estimate of drug-likeness (QED) is 0.879. The molecule has 3 rings (SSSR count). The van der Waals surface area contributed by atoms with Crippen LogP contribution in [0.25, 0.3) is 0 Å². The van der Waals surface area contributed by atoms with E-state index in [9.17, 15) is 8.42 Å². The van der Waals surface area contributed by atoms with Gasteiger partial charge in [0.25, 0.3) is 0 Å². The molecule has 0 unspecified atom stereocenters. The summed E-state index contributed by atoms with van der Waals surface area (Å²) in [7, 11) is -0.673. The molecule has 2 fully saturated rings. The third-order valence-electron chi connectivity index (χ3n) is 4.34. The van der Waals surface area contributed by atoms with Crippen LogP contribution in [0.15, 0.2) is 23.1 Å². The Morgan fingerprint density at radius 1 is 1.10 bits per heavy atom. The van der Waals surface area contributed by atoms with E-state index in [4.69, 9.17) is 9.47 Å². The zero-order valence-electron chi connectivity index (χ0n) is 12.2. The number of nitrogens with zero attached hydrogens (tertiary/aromatic N) is 1. The number of nitrogens with one attached hydrogen (secondary N) is 1. The fourth-order valence-electron chi connectivity index (χ4n) is 3.21. The van der Waals surface area contributed by atoms with Gasteiger partial charge >= 0.3 is 0 Å². The first-order valence-electron chi connectivity index (χ1n) is 6.99. The highest BCUT2D eigenvalue weighted by Gasteiger charge is 2.43. The fraction of sp³-hybridized carbons (Fsp3) is 0.571. The van der Waals surface area contributed by atoms with Crippen molar-refractivity contribution in [2.75, 3.05) is 40.4 Å². The Morgan fingerprint density at radius 3 is 2.10 bits per heavy atom. The van der Waals surface area contributed by atoms with E-state index in [0.717, 1.165) is 13.1 Å².